The summed E-state index contributed by atoms with van der Waals surface area (Å²) in [5.74, 6) is 1.54. The van der Waals surface area contributed by atoms with Crippen molar-refractivity contribution in [3.05, 3.63) is 52.0 Å². The third kappa shape index (κ3) is 2.65. The summed E-state index contributed by atoms with van der Waals surface area (Å²) in [6, 6.07) is 9.57. The van der Waals surface area contributed by atoms with Gasteiger partial charge in [0.15, 0.2) is 5.82 Å². The van der Waals surface area contributed by atoms with Crippen molar-refractivity contribution >= 4 is 22.9 Å². The number of carbonyl (C=O) groups excluding carboxylic acids is 1. The van der Waals surface area contributed by atoms with Crippen molar-refractivity contribution < 1.29 is 4.79 Å². The second-order valence-electron chi connectivity index (χ2n) is 5.10. The van der Waals surface area contributed by atoms with E-state index in [1.54, 1.807) is 0 Å². The maximum atomic E-state index is 12.3. The number of hydrogen-bond donors (Lipinski definition) is 1. The third-order valence-corrected chi connectivity index (χ3v) is 4.55. The first-order valence-corrected chi connectivity index (χ1v) is 7.76. The van der Waals surface area contributed by atoms with Gasteiger partial charge in [0.1, 0.15) is 5.82 Å². The van der Waals surface area contributed by atoms with Crippen molar-refractivity contribution in [3.8, 4) is 11.4 Å². The van der Waals surface area contributed by atoms with Crippen LogP contribution in [0.5, 0.6) is 0 Å². The quantitative estimate of drug-likeness (QED) is 0.806. The molecule has 6 heteroatoms. The van der Waals surface area contributed by atoms with Gasteiger partial charge in [0, 0.05) is 18.3 Å². The number of hydrogen-bond acceptors (Lipinski definition) is 4. The van der Waals surface area contributed by atoms with Crippen molar-refractivity contribution in [1.82, 2.24) is 14.8 Å². The van der Waals surface area contributed by atoms with Crippen molar-refractivity contribution in [2.75, 3.05) is 5.32 Å². The Hall–Kier alpha value is -2.47. The van der Waals surface area contributed by atoms with Crippen LogP contribution in [-0.2, 0) is 7.05 Å². The largest absolute Gasteiger partial charge is 0.321 e. The Morgan fingerprint density at radius 3 is 2.68 bits per heavy atom. The standard InChI is InChI=1S/C16H16N4OS/c1-10-7-8-22-14(10)16(21)17-13-6-4-5-12(9-13)15-19-18-11(2)20(15)3/h4-9H,1-3H3,(H,17,21). The fourth-order valence-electron chi connectivity index (χ4n) is 2.19. The fraction of sp³-hybridized carbons (Fsp3) is 0.188. The summed E-state index contributed by atoms with van der Waals surface area (Å²) in [6.07, 6.45) is 0. The molecule has 0 radical (unpaired) electrons. The van der Waals surface area contributed by atoms with E-state index < -0.39 is 0 Å². The predicted molar refractivity (Wildman–Crippen MR) is 88.2 cm³/mol. The smallest absolute Gasteiger partial charge is 0.265 e. The molecule has 0 spiro atoms. The molecule has 112 valence electrons. The molecule has 2 aromatic heterocycles. The van der Waals surface area contributed by atoms with Crippen LogP contribution in [0.4, 0.5) is 5.69 Å². The van der Waals surface area contributed by atoms with Crippen molar-refractivity contribution in [1.29, 1.82) is 0 Å². The van der Waals surface area contributed by atoms with Crippen molar-refractivity contribution in [3.63, 3.8) is 0 Å². The van der Waals surface area contributed by atoms with E-state index in [2.05, 4.69) is 15.5 Å². The van der Waals surface area contributed by atoms with Crippen LogP contribution in [0.15, 0.2) is 35.7 Å². The van der Waals surface area contributed by atoms with E-state index in [-0.39, 0.29) is 5.91 Å². The molecule has 0 bridgehead atoms. The van der Waals surface area contributed by atoms with Gasteiger partial charge in [-0.15, -0.1) is 21.5 Å². The Morgan fingerprint density at radius 1 is 1.23 bits per heavy atom. The first-order valence-electron chi connectivity index (χ1n) is 6.88. The van der Waals surface area contributed by atoms with E-state index in [1.807, 2.05) is 61.2 Å². The summed E-state index contributed by atoms with van der Waals surface area (Å²) >= 11 is 1.44. The number of thiophene rings is 1. The number of nitrogens with one attached hydrogen (secondary N) is 1. The van der Waals surface area contributed by atoms with E-state index in [1.165, 1.54) is 11.3 Å². The molecule has 3 rings (SSSR count). The first-order chi connectivity index (χ1) is 10.6. The number of amides is 1. The second-order valence-corrected chi connectivity index (χ2v) is 6.01. The maximum absolute atomic E-state index is 12.3. The summed E-state index contributed by atoms with van der Waals surface area (Å²) in [4.78, 5) is 13.0. The zero-order valence-corrected chi connectivity index (χ0v) is 13.4. The maximum Gasteiger partial charge on any atom is 0.265 e. The van der Waals surface area contributed by atoms with Crippen LogP contribution in [0.1, 0.15) is 21.1 Å². The molecule has 0 saturated carbocycles. The zero-order chi connectivity index (χ0) is 15.7. The number of nitrogens with zero attached hydrogens (tertiary/aromatic N) is 3. The van der Waals surface area contributed by atoms with E-state index in [4.69, 9.17) is 0 Å². The number of aromatic nitrogens is 3. The summed E-state index contributed by atoms with van der Waals surface area (Å²) in [7, 11) is 1.92. The molecule has 0 aliphatic carbocycles. The van der Waals surface area contributed by atoms with E-state index in [0.29, 0.717) is 0 Å². The van der Waals surface area contributed by atoms with Crippen LogP contribution >= 0.6 is 11.3 Å². The predicted octanol–water partition coefficient (Wildman–Crippen LogP) is 3.41. The Labute approximate surface area is 132 Å². The van der Waals surface area contributed by atoms with E-state index >= 15 is 0 Å². The summed E-state index contributed by atoms with van der Waals surface area (Å²) in [5, 5.41) is 13.1. The molecule has 0 saturated heterocycles. The number of benzene rings is 1. The lowest BCUT2D eigenvalue weighted by Gasteiger charge is -2.07. The minimum absolute atomic E-state index is 0.0844. The lowest BCUT2D eigenvalue weighted by molar-refractivity contribution is 0.103. The summed E-state index contributed by atoms with van der Waals surface area (Å²) in [6.45, 7) is 3.84. The summed E-state index contributed by atoms with van der Waals surface area (Å²) in [5.41, 5.74) is 2.65. The minimum Gasteiger partial charge on any atom is -0.321 e. The zero-order valence-electron chi connectivity index (χ0n) is 12.6. The topological polar surface area (TPSA) is 59.8 Å². The molecule has 3 aromatic rings. The van der Waals surface area contributed by atoms with Gasteiger partial charge in [0.2, 0.25) is 0 Å². The van der Waals surface area contributed by atoms with Gasteiger partial charge >= 0.3 is 0 Å². The molecule has 0 aliphatic rings. The number of anilines is 1. The molecule has 2 heterocycles. The second kappa shape index (κ2) is 5.73. The van der Waals surface area contributed by atoms with Gasteiger partial charge in [0.25, 0.3) is 5.91 Å². The molecule has 5 nitrogen and oxygen atoms in total. The Bertz CT molecular complexity index is 834. The molecule has 0 aliphatic heterocycles. The summed E-state index contributed by atoms with van der Waals surface area (Å²) < 4.78 is 1.92. The first kappa shape index (κ1) is 14.5. The Morgan fingerprint density at radius 2 is 2.05 bits per heavy atom. The van der Waals surface area contributed by atoms with E-state index in [9.17, 15) is 4.79 Å². The molecule has 1 amide bonds. The lowest BCUT2D eigenvalue weighted by Crippen LogP contribution is -2.11. The highest BCUT2D eigenvalue weighted by molar-refractivity contribution is 7.12. The average molecular weight is 312 g/mol. The average Bonchev–Trinajstić information content (AvgIpc) is 3.06. The molecule has 0 unspecified atom stereocenters. The molecule has 1 N–H and O–H groups in total. The van der Waals surface area contributed by atoms with Gasteiger partial charge in [-0.25, -0.2) is 0 Å². The Kier molecular flexibility index (Phi) is 3.77. The Balaban J connectivity index is 1.87. The highest BCUT2D eigenvalue weighted by Gasteiger charge is 2.12. The minimum atomic E-state index is -0.0844. The van der Waals surface area contributed by atoms with Gasteiger partial charge in [-0.3, -0.25) is 4.79 Å². The highest BCUT2D eigenvalue weighted by Crippen LogP contribution is 2.23. The highest BCUT2D eigenvalue weighted by atomic mass is 32.1. The number of rotatable bonds is 3. The van der Waals surface area contributed by atoms with Gasteiger partial charge in [-0.2, -0.15) is 0 Å². The monoisotopic (exact) mass is 312 g/mol. The van der Waals surface area contributed by atoms with Gasteiger partial charge in [-0.1, -0.05) is 12.1 Å². The fourth-order valence-corrected chi connectivity index (χ4v) is 3.01. The van der Waals surface area contributed by atoms with Crippen LogP contribution in [0.3, 0.4) is 0 Å². The molecular weight excluding hydrogens is 296 g/mol. The van der Waals surface area contributed by atoms with Gasteiger partial charge < -0.3 is 9.88 Å². The van der Waals surface area contributed by atoms with Crippen LogP contribution in [0.25, 0.3) is 11.4 Å². The normalized spacial score (nSPS) is 10.7. The van der Waals surface area contributed by atoms with Crippen LogP contribution in [0, 0.1) is 13.8 Å². The molecule has 0 fully saturated rings. The van der Waals surface area contributed by atoms with Crippen molar-refractivity contribution in [2.24, 2.45) is 7.05 Å². The van der Waals surface area contributed by atoms with Crippen LogP contribution in [-0.4, -0.2) is 20.7 Å². The lowest BCUT2D eigenvalue weighted by atomic mass is 10.2. The van der Waals surface area contributed by atoms with Gasteiger partial charge in [0.05, 0.1) is 4.88 Å². The molecule has 0 atom stereocenters. The molecule has 1 aromatic carbocycles. The number of aryl methyl sites for hydroxylation is 2. The van der Waals surface area contributed by atoms with Crippen molar-refractivity contribution in [2.45, 2.75) is 13.8 Å². The van der Waals surface area contributed by atoms with Crippen LogP contribution < -0.4 is 5.32 Å². The molecule has 22 heavy (non-hydrogen) atoms. The van der Waals surface area contributed by atoms with E-state index in [0.717, 1.165) is 33.3 Å². The SMILES string of the molecule is Cc1ccsc1C(=O)Nc1cccc(-c2nnc(C)n2C)c1. The molecular formula is C16H16N4OS. The third-order valence-electron chi connectivity index (χ3n) is 3.54. The van der Waals surface area contributed by atoms with Gasteiger partial charge in [-0.05, 0) is 43.0 Å². The number of carbonyl (C=O) groups is 1. The van der Waals surface area contributed by atoms with Crippen LogP contribution in [0.2, 0.25) is 0 Å².